The quantitative estimate of drug-likeness (QED) is 0.478. The number of rotatable bonds is 4. The van der Waals surface area contributed by atoms with Crippen molar-refractivity contribution >= 4 is 40.1 Å². The maximum atomic E-state index is 13.0. The first kappa shape index (κ1) is 19.4. The number of amides is 3. The number of fused-ring (bicyclic) bond motifs is 1. The van der Waals surface area contributed by atoms with Crippen LogP contribution >= 0.6 is 0 Å². The van der Waals surface area contributed by atoms with Gasteiger partial charge in [-0.05, 0) is 30.3 Å². The van der Waals surface area contributed by atoms with Crippen LogP contribution in [0.4, 0.5) is 11.4 Å². The van der Waals surface area contributed by atoms with Crippen molar-refractivity contribution in [1.29, 1.82) is 0 Å². The minimum Gasteiger partial charge on any atom is -0.320 e. The summed E-state index contributed by atoms with van der Waals surface area (Å²) in [6.07, 6.45) is 3.03. The summed E-state index contributed by atoms with van der Waals surface area (Å²) in [7, 11) is 0. The topological polar surface area (TPSA) is 130 Å². The van der Waals surface area contributed by atoms with Crippen LogP contribution in [-0.2, 0) is 9.59 Å². The molecule has 0 bridgehead atoms. The lowest BCUT2D eigenvalue weighted by Gasteiger charge is -2.15. The van der Waals surface area contributed by atoms with E-state index >= 15 is 0 Å². The number of benzene rings is 2. The summed E-state index contributed by atoms with van der Waals surface area (Å²) in [6.45, 7) is 0. The second-order valence-corrected chi connectivity index (χ2v) is 7.17. The Morgan fingerprint density at radius 2 is 1.78 bits per heavy atom. The molecule has 0 atom stereocenters. The van der Waals surface area contributed by atoms with E-state index in [9.17, 15) is 19.2 Å². The molecular weight excluding hydrogens is 412 g/mol. The number of para-hydroxylation sites is 2. The van der Waals surface area contributed by atoms with Crippen LogP contribution in [-0.4, -0.2) is 37.5 Å². The lowest BCUT2D eigenvalue weighted by Crippen LogP contribution is -2.28. The Balaban J connectivity index is 1.48. The molecule has 0 radical (unpaired) electrons. The SMILES string of the molecule is O=C(Nc1ccccc1-n1ncc2c(=O)[nH]cnc21)c1cccc(N2C(=O)CCC2=O)c1. The van der Waals surface area contributed by atoms with E-state index in [1.807, 2.05) is 0 Å². The smallest absolute Gasteiger partial charge is 0.261 e. The maximum absolute atomic E-state index is 13.0. The molecule has 1 aliphatic rings. The molecule has 2 aromatic heterocycles. The molecule has 1 saturated heterocycles. The summed E-state index contributed by atoms with van der Waals surface area (Å²) < 4.78 is 1.47. The van der Waals surface area contributed by atoms with Gasteiger partial charge in [0.15, 0.2) is 5.65 Å². The lowest BCUT2D eigenvalue weighted by atomic mass is 10.1. The van der Waals surface area contributed by atoms with Crippen LogP contribution in [0.2, 0.25) is 0 Å². The minimum absolute atomic E-state index is 0.164. The second kappa shape index (κ2) is 7.58. The highest BCUT2D eigenvalue weighted by atomic mass is 16.2. The summed E-state index contributed by atoms with van der Waals surface area (Å²) in [6, 6.07) is 13.3. The normalized spacial score (nSPS) is 13.7. The number of aromatic nitrogens is 4. The van der Waals surface area contributed by atoms with E-state index in [1.165, 1.54) is 23.3 Å². The van der Waals surface area contributed by atoms with Gasteiger partial charge >= 0.3 is 0 Å². The van der Waals surface area contributed by atoms with Crippen molar-refractivity contribution < 1.29 is 14.4 Å². The Morgan fingerprint density at radius 1 is 1.00 bits per heavy atom. The Morgan fingerprint density at radius 3 is 2.59 bits per heavy atom. The van der Waals surface area contributed by atoms with Gasteiger partial charge in [-0.1, -0.05) is 18.2 Å². The van der Waals surface area contributed by atoms with E-state index in [0.717, 1.165) is 4.90 Å². The highest BCUT2D eigenvalue weighted by Crippen LogP contribution is 2.25. The molecule has 158 valence electrons. The van der Waals surface area contributed by atoms with Crippen LogP contribution in [0.3, 0.4) is 0 Å². The number of carbonyl (C=O) groups excluding carboxylic acids is 3. The van der Waals surface area contributed by atoms with E-state index in [4.69, 9.17) is 0 Å². The molecule has 2 N–H and O–H groups in total. The maximum Gasteiger partial charge on any atom is 0.261 e. The highest BCUT2D eigenvalue weighted by molar-refractivity contribution is 6.20. The molecule has 2 aromatic carbocycles. The van der Waals surface area contributed by atoms with Gasteiger partial charge in [0.1, 0.15) is 5.39 Å². The first-order valence-corrected chi connectivity index (χ1v) is 9.81. The number of hydrogen-bond donors (Lipinski definition) is 2. The van der Waals surface area contributed by atoms with Gasteiger partial charge in [-0.15, -0.1) is 0 Å². The van der Waals surface area contributed by atoms with Crippen molar-refractivity contribution in [3.05, 3.63) is 77.0 Å². The molecule has 32 heavy (non-hydrogen) atoms. The van der Waals surface area contributed by atoms with E-state index in [1.54, 1.807) is 42.5 Å². The third-order valence-electron chi connectivity index (χ3n) is 5.17. The molecule has 5 rings (SSSR count). The molecule has 0 unspecified atom stereocenters. The average molecular weight is 428 g/mol. The standard InChI is InChI=1S/C22H16N6O4/c29-18-8-9-19(30)27(18)14-5-3-4-13(10-14)21(31)26-16-6-1-2-7-17(16)28-20-15(11-25-28)22(32)24-12-23-20/h1-7,10-12H,8-9H2,(H,26,31)(H,23,24,32). The summed E-state index contributed by atoms with van der Waals surface area (Å²) in [5.41, 5.74) is 1.65. The minimum atomic E-state index is -0.430. The first-order valence-electron chi connectivity index (χ1n) is 9.81. The van der Waals surface area contributed by atoms with Gasteiger partial charge in [-0.3, -0.25) is 24.1 Å². The van der Waals surface area contributed by atoms with Crippen LogP contribution in [0.25, 0.3) is 16.7 Å². The number of nitrogens with one attached hydrogen (secondary N) is 2. The number of H-pyrrole nitrogens is 1. The lowest BCUT2D eigenvalue weighted by molar-refractivity contribution is -0.121. The number of imide groups is 1. The van der Waals surface area contributed by atoms with Crippen LogP contribution in [0.5, 0.6) is 0 Å². The van der Waals surface area contributed by atoms with Crippen LogP contribution in [0.1, 0.15) is 23.2 Å². The van der Waals surface area contributed by atoms with Gasteiger partial charge in [0.2, 0.25) is 11.8 Å². The fraction of sp³-hybridized carbons (Fsp3) is 0.0909. The van der Waals surface area contributed by atoms with Gasteiger partial charge in [0.05, 0.1) is 29.6 Å². The Kier molecular flexibility index (Phi) is 4.59. The van der Waals surface area contributed by atoms with Gasteiger partial charge in [0, 0.05) is 18.4 Å². The number of carbonyl (C=O) groups is 3. The fourth-order valence-corrected chi connectivity index (χ4v) is 3.64. The molecule has 10 heteroatoms. The molecular formula is C22H16N6O4. The zero-order valence-corrected chi connectivity index (χ0v) is 16.6. The van der Waals surface area contributed by atoms with E-state index < -0.39 is 5.91 Å². The number of nitrogens with zero attached hydrogens (tertiary/aromatic N) is 4. The molecule has 0 saturated carbocycles. The Hall–Kier alpha value is -4.60. The van der Waals surface area contributed by atoms with Crippen molar-refractivity contribution in [2.24, 2.45) is 0 Å². The predicted molar refractivity (Wildman–Crippen MR) is 116 cm³/mol. The number of anilines is 2. The second-order valence-electron chi connectivity index (χ2n) is 7.17. The largest absolute Gasteiger partial charge is 0.320 e. The van der Waals surface area contributed by atoms with E-state index in [2.05, 4.69) is 20.4 Å². The average Bonchev–Trinajstić information content (AvgIpc) is 3.38. The molecule has 3 amide bonds. The predicted octanol–water partition coefficient (Wildman–Crippen LogP) is 2.01. The summed E-state index contributed by atoms with van der Waals surface area (Å²) in [4.78, 5) is 56.8. The number of aromatic amines is 1. The fourth-order valence-electron chi connectivity index (χ4n) is 3.64. The molecule has 4 aromatic rings. The zero-order valence-electron chi connectivity index (χ0n) is 16.6. The molecule has 1 fully saturated rings. The zero-order chi connectivity index (χ0) is 22.2. The summed E-state index contributed by atoms with van der Waals surface area (Å²) in [5, 5.41) is 7.40. The molecule has 10 nitrogen and oxygen atoms in total. The molecule has 3 heterocycles. The third-order valence-corrected chi connectivity index (χ3v) is 5.17. The monoisotopic (exact) mass is 428 g/mol. The molecule has 0 aliphatic carbocycles. The van der Waals surface area contributed by atoms with Gasteiger partial charge in [-0.2, -0.15) is 5.10 Å². The Bertz CT molecular complexity index is 1440. The van der Waals surface area contributed by atoms with Crippen LogP contribution in [0.15, 0.2) is 65.8 Å². The van der Waals surface area contributed by atoms with Gasteiger partial charge < -0.3 is 10.3 Å². The molecule has 0 spiro atoms. The number of hydrogen-bond acceptors (Lipinski definition) is 6. The van der Waals surface area contributed by atoms with E-state index in [-0.39, 0.29) is 35.8 Å². The first-order chi connectivity index (χ1) is 15.5. The van der Waals surface area contributed by atoms with Crippen molar-refractivity contribution in [2.45, 2.75) is 12.8 Å². The van der Waals surface area contributed by atoms with Crippen LogP contribution in [0, 0.1) is 0 Å². The molecule has 1 aliphatic heterocycles. The Labute approximate surface area is 180 Å². The summed E-state index contributed by atoms with van der Waals surface area (Å²) >= 11 is 0. The van der Waals surface area contributed by atoms with Crippen molar-refractivity contribution in [3.8, 4) is 5.69 Å². The van der Waals surface area contributed by atoms with E-state index in [0.29, 0.717) is 28.1 Å². The van der Waals surface area contributed by atoms with Crippen molar-refractivity contribution in [1.82, 2.24) is 19.7 Å². The van der Waals surface area contributed by atoms with Crippen molar-refractivity contribution in [2.75, 3.05) is 10.2 Å². The third kappa shape index (κ3) is 3.23. The van der Waals surface area contributed by atoms with Crippen molar-refractivity contribution in [3.63, 3.8) is 0 Å². The highest BCUT2D eigenvalue weighted by Gasteiger charge is 2.30. The van der Waals surface area contributed by atoms with Gasteiger partial charge in [0.25, 0.3) is 11.5 Å². The van der Waals surface area contributed by atoms with Crippen LogP contribution < -0.4 is 15.8 Å². The summed E-state index contributed by atoms with van der Waals surface area (Å²) in [5.74, 6) is -1.00. The van der Waals surface area contributed by atoms with Gasteiger partial charge in [-0.25, -0.2) is 9.67 Å².